The number of halogens is 6. The molecule has 242 valence electrons. The maximum atomic E-state index is 14.6. The second kappa shape index (κ2) is 14.9. The van der Waals surface area contributed by atoms with Gasteiger partial charge in [-0.25, -0.2) is 17.6 Å². The van der Waals surface area contributed by atoms with Crippen molar-refractivity contribution in [1.29, 1.82) is 0 Å². The van der Waals surface area contributed by atoms with Gasteiger partial charge < -0.3 is 14.2 Å². The van der Waals surface area contributed by atoms with Gasteiger partial charge in [0.25, 0.3) is 0 Å². The lowest BCUT2D eigenvalue weighted by Crippen LogP contribution is -2.34. The molecule has 0 atom stereocenters. The summed E-state index contributed by atoms with van der Waals surface area (Å²) in [6.45, 7) is 3.52. The van der Waals surface area contributed by atoms with E-state index in [4.69, 9.17) is 9.47 Å². The van der Waals surface area contributed by atoms with Crippen molar-refractivity contribution in [2.24, 2.45) is 17.8 Å². The minimum absolute atomic E-state index is 0.287. The minimum Gasteiger partial charge on any atom is -0.429 e. The number of alkyl halides is 2. The SMILES string of the molecule is CCCCCC1CCC(C2COC(c3ccc(/C=C/C(F)(F)Oc4ccc(-c5cc(F)c(F)c(F)c5)c(F)c4)cc3)OC2)CC1. The Morgan fingerprint density at radius 3 is 2.09 bits per heavy atom. The van der Waals surface area contributed by atoms with Crippen molar-refractivity contribution in [2.45, 2.75) is 70.7 Å². The molecule has 3 aromatic carbocycles. The third-order valence-corrected chi connectivity index (χ3v) is 8.87. The second-order valence-electron chi connectivity index (χ2n) is 12.1. The second-order valence-corrected chi connectivity index (χ2v) is 12.1. The summed E-state index contributed by atoms with van der Waals surface area (Å²) in [5.74, 6) is -4.39. The predicted molar refractivity (Wildman–Crippen MR) is 160 cm³/mol. The normalized spacial score (nSPS) is 22.6. The topological polar surface area (TPSA) is 27.7 Å². The first-order valence-corrected chi connectivity index (χ1v) is 15.7. The Kier molecular flexibility index (Phi) is 10.9. The molecule has 0 amide bonds. The Bertz CT molecular complexity index is 1420. The first-order chi connectivity index (χ1) is 21.6. The van der Waals surface area contributed by atoms with E-state index in [-0.39, 0.29) is 11.1 Å². The van der Waals surface area contributed by atoms with Gasteiger partial charge in [0.2, 0.25) is 0 Å². The van der Waals surface area contributed by atoms with E-state index < -0.39 is 41.4 Å². The van der Waals surface area contributed by atoms with E-state index in [1.165, 1.54) is 57.4 Å². The van der Waals surface area contributed by atoms with Crippen molar-refractivity contribution in [3.8, 4) is 16.9 Å². The quantitative estimate of drug-likeness (QED) is 0.120. The molecule has 0 aromatic heterocycles. The number of ether oxygens (including phenoxy) is 3. The van der Waals surface area contributed by atoms with Crippen LogP contribution in [0.5, 0.6) is 5.75 Å². The average molecular weight is 633 g/mol. The van der Waals surface area contributed by atoms with Crippen LogP contribution in [0, 0.1) is 41.0 Å². The summed E-state index contributed by atoms with van der Waals surface area (Å²) in [5, 5.41) is 0. The van der Waals surface area contributed by atoms with Crippen LogP contribution in [0.25, 0.3) is 17.2 Å². The Balaban J connectivity index is 1.11. The van der Waals surface area contributed by atoms with Crippen molar-refractivity contribution in [2.75, 3.05) is 13.2 Å². The molecule has 0 bridgehead atoms. The minimum atomic E-state index is -3.79. The van der Waals surface area contributed by atoms with Crippen LogP contribution in [-0.2, 0) is 9.47 Å². The summed E-state index contributed by atoms with van der Waals surface area (Å²) < 4.78 is 101. The van der Waals surface area contributed by atoms with Crippen LogP contribution in [0.3, 0.4) is 0 Å². The van der Waals surface area contributed by atoms with Crippen LogP contribution in [0.1, 0.15) is 75.7 Å². The van der Waals surface area contributed by atoms with Gasteiger partial charge in [0.05, 0.1) is 13.2 Å². The molecule has 0 unspecified atom stereocenters. The zero-order valence-electron chi connectivity index (χ0n) is 25.2. The summed E-state index contributed by atoms with van der Waals surface area (Å²) >= 11 is 0. The molecule has 5 rings (SSSR count). The molecule has 2 fully saturated rings. The standard InChI is InChI=1S/C36H38F6O3/c1-2-3-4-5-23-6-10-25(11-7-23)28-21-43-35(44-22-28)26-12-8-24(9-13-26)16-17-36(41,42)45-29-14-15-30(31(37)20-29)27-18-32(38)34(40)33(39)19-27/h8-9,12-20,23,25,28,35H,2-7,10-11,21-22H2,1H3/b17-16+. The van der Waals surface area contributed by atoms with Gasteiger partial charge in [0.15, 0.2) is 23.7 Å². The molecule has 1 saturated heterocycles. The van der Waals surface area contributed by atoms with Gasteiger partial charge in [-0.15, -0.1) is 0 Å². The number of unbranched alkanes of at least 4 members (excludes halogenated alkanes) is 2. The molecule has 0 N–H and O–H groups in total. The highest BCUT2D eigenvalue weighted by molar-refractivity contribution is 5.65. The molecule has 3 aromatic rings. The number of hydrogen-bond acceptors (Lipinski definition) is 3. The van der Waals surface area contributed by atoms with Crippen molar-refractivity contribution in [3.63, 3.8) is 0 Å². The molecular weight excluding hydrogens is 594 g/mol. The molecule has 1 aliphatic carbocycles. The van der Waals surface area contributed by atoms with Gasteiger partial charge in [0.1, 0.15) is 11.6 Å². The third-order valence-electron chi connectivity index (χ3n) is 8.87. The maximum Gasteiger partial charge on any atom is 0.419 e. The van der Waals surface area contributed by atoms with E-state index in [2.05, 4.69) is 11.7 Å². The fourth-order valence-corrected chi connectivity index (χ4v) is 6.27. The Labute approximate surface area is 260 Å². The highest BCUT2D eigenvalue weighted by Crippen LogP contribution is 2.39. The fourth-order valence-electron chi connectivity index (χ4n) is 6.27. The number of rotatable bonds is 11. The summed E-state index contributed by atoms with van der Waals surface area (Å²) in [5.41, 5.74) is 0.684. The highest BCUT2D eigenvalue weighted by atomic mass is 19.3. The summed E-state index contributed by atoms with van der Waals surface area (Å²) in [6.07, 6.45) is 7.72. The van der Waals surface area contributed by atoms with Crippen LogP contribution in [0.15, 0.2) is 60.7 Å². The molecule has 1 aliphatic heterocycles. The number of benzene rings is 3. The van der Waals surface area contributed by atoms with E-state index in [1.807, 2.05) is 0 Å². The molecule has 0 radical (unpaired) electrons. The Morgan fingerprint density at radius 1 is 0.800 bits per heavy atom. The van der Waals surface area contributed by atoms with Gasteiger partial charge >= 0.3 is 6.11 Å². The van der Waals surface area contributed by atoms with E-state index >= 15 is 0 Å². The molecule has 2 aliphatic rings. The summed E-state index contributed by atoms with van der Waals surface area (Å²) in [7, 11) is 0. The van der Waals surface area contributed by atoms with Gasteiger partial charge in [-0.1, -0.05) is 69.7 Å². The number of hydrogen-bond donors (Lipinski definition) is 0. The van der Waals surface area contributed by atoms with Gasteiger partial charge in [-0.05, 0) is 66.1 Å². The smallest absolute Gasteiger partial charge is 0.419 e. The average Bonchev–Trinajstić information content (AvgIpc) is 3.03. The summed E-state index contributed by atoms with van der Waals surface area (Å²) in [6, 6.07) is 10.8. The predicted octanol–water partition coefficient (Wildman–Crippen LogP) is 10.6. The van der Waals surface area contributed by atoms with Crippen LogP contribution in [0.4, 0.5) is 26.3 Å². The zero-order chi connectivity index (χ0) is 32.0. The van der Waals surface area contributed by atoms with Gasteiger partial charge in [0, 0.05) is 29.2 Å². The molecule has 1 heterocycles. The Hall–Kier alpha value is -3.30. The lowest BCUT2D eigenvalue weighted by Gasteiger charge is -2.38. The van der Waals surface area contributed by atoms with Crippen LogP contribution < -0.4 is 4.74 Å². The van der Waals surface area contributed by atoms with E-state index in [0.29, 0.717) is 54.9 Å². The largest absolute Gasteiger partial charge is 0.429 e. The Morgan fingerprint density at radius 2 is 1.47 bits per heavy atom. The van der Waals surface area contributed by atoms with E-state index in [0.717, 1.165) is 23.6 Å². The maximum absolute atomic E-state index is 14.6. The van der Waals surface area contributed by atoms with Crippen molar-refractivity contribution in [3.05, 3.63) is 95.1 Å². The van der Waals surface area contributed by atoms with E-state index in [9.17, 15) is 26.3 Å². The molecule has 45 heavy (non-hydrogen) atoms. The van der Waals surface area contributed by atoms with Crippen molar-refractivity contribution < 1.29 is 40.6 Å². The third kappa shape index (κ3) is 8.70. The first-order valence-electron chi connectivity index (χ1n) is 15.7. The van der Waals surface area contributed by atoms with Crippen molar-refractivity contribution >= 4 is 6.08 Å². The molecule has 1 saturated carbocycles. The monoisotopic (exact) mass is 632 g/mol. The lowest BCUT2D eigenvalue weighted by molar-refractivity contribution is -0.214. The lowest BCUT2D eigenvalue weighted by atomic mass is 9.74. The van der Waals surface area contributed by atoms with Gasteiger partial charge in [-0.3, -0.25) is 0 Å². The highest BCUT2D eigenvalue weighted by Gasteiger charge is 2.32. The molecule has 3 nitrogen and oxygen atoms in total. The molecular formula is C36H38F6O3. The van der Waals surface area contributed by atoms with Crippen LogP contribution >= 0.6 is 0 Å². The first kappa shape index (κ1) is 33.1. The van der Waals surface area contributed by atoms with E-state index in [1.54, 1.807) is 24.3 Å². The van der Waals surface area contributed by atoms with Gasteiger partial charge in [-0.2, -0.15) is 8.78 Å². The fraction of sp³-hybridized carbons (Fsp3) is 0.444. The zero-order valence-corrected chi connectivity index (χ0v) is 25.2. The van der Waals surface area contributed by atoms with Crippen LogP contribution in [0.2, 0.25) is 0 Å². The van der Waals surface area contributed by atoms with Crippen LogP contribution in [-0.4, -0.2) is 19.3 Å². The van der Waals surface area contributed by atoms with Crippen molar-refractivity contribution in [1.82, 2.24) is 0 Å². The molecule has 0 spiro atoms. The summed E-state index contributed by atoms with van der Waals surface area (Å²) in [4.78, 5) is 0. The molecule has 9 heteroatoms.